The van der Waals surface area contributed by atoms with E-state index in [-0.39, 0.29) is 0 Å². The van der Waals surface area contributed by atoms with E-state index in [1.807, 2.05) is 35.3 Å². The molecule has 0 spiro atoms. The molecule has 10 nitrogen and oxygen atoms in total. The van der Waals surface area contributed by atoms with E-state index in [4.69, 9.17) is 19.8 Å². The second kappa shape index (κ2) is 14.5. The summed E-state index contributed by atoms with van der Waals surface area (Å²) in [5.74, 6) is -5.51. The maximum Gasteiger partial charge on any atom is 0.490 e. The van der Waals surface area contributed by atoms with Gasteiger partial charge in [0, 0.05) is 31.4 Å². The number of likely N-dealkylation sites (tertiary alicyclic amines) is 1. The molecule has 0 bridgehead atoms. The first-order valence-corrected chi connectivity index (χ1v) is 12.0. The maximum absolute atomic E-state index is 10.6. The minimum absolute atomic E-state index is 0.368. The highest BCUT2D eigenvalue weighted by Crippen LogP contribution is 2.24. The van der Waals surface area contributed by atoms with Crippen LogP contribution in [0, 0.1) is 0 Å². The van der Waals surface area contributed by atoms with Gasteiger partial charge < -0.3 is 15.3 Å². The van der Waals surface area contributed by atoms with Crippen LogP contribution in [0.2, 0.25) is 0 Å². The van der Waals surface area contributed by atoms with Crippen LogP contribution in [0.1, 0.15) is 43.2 Å². The summed E-state index contributed by atoms with van der Waals surface area (Å²) in [4.78, 5) is 24.7. The van der Waals surface area contributed by atoms with E-state index >= 15 is 0 Å². The van der Waals surface area contributed by atoms with E-state index in [2.05, 4.69) is 44.5 Å². The fourth-order valence-corrected chi connectivity index (χ4v) is 3.57. The summed E-state index contributed by atoms with van der Waals surface area (Å²) >= 11 is 0. The van der Waals surface area contributed by atoms with Gasteiger partial charge in [0.15, 0.2) is 0 Å². The van der Waals surface area contributed by atoms with Crippen molar-refractivity contribution in [3.8, 4) is 11.3 Å². The van der Waals surface area contributed by atoms with Crippen molar-refractivity contribution < 1.29 is 51.3 Å². The Morgan fingerprint density at radius 2 is 1.49 bits per heavy atom. The molecule has 3 N–H and O–H groups in total. The molecule has 224 valence electrons. The van der Waals surface area contributed by atoms with Crippen molar-refractivity contribution in [2.45, 2.75) is 50.8 Å². The van der Waals surface area contributed by atoms with Crippen LogP contribution >= 0.6 is 0 Å². The van der Waals surface area contributed by atoms with Gasteiger partial charge in [0.2, 0.25) is 0 Å². The highest BCUT2D eigenvalue weighted by atomic mass is 19.4. The second-order valence-corrected chi connectivity index (χ2v) is 8.82. The number of aliphatic carboxylic acids is 2. The lowest BCUT2D eigenvalue weighted by Gasteiger charge is -2.31. The summed E-state index contributed by atoms with van der Waals surface area (Å²) in [6.07, 6.45) is -4.93. The van der Waals surface area contributed by atoms with E-state index < -0.39 is 30.4 Å². The molecule has 0 radical (unpaired) electrons. The van der Waals surface area contributed by atoms with E-state index in [0.717, 1.165) is 43.7 Å². The van der Waals surface area contributed by atoms with Crippen LogP contribution in [0.3, 0.4) is 0 Å². The summed E-state index contributed by atoms with van der Waals surface area (Å²) in [7, 11) is 0. The number of carboxylic acids is 2. The number of carbonyl (C=O) groups is 2. The first kappa shape index (κ1) is 33.2. The van der Waals surface area contributed by atoms with Crippen molar-refractivity contribution in [1.82, 2.24) is 24.9 Å². The number of nitrogens with zero attached hydrogens (tertiary/aromatic N) is 5. The highest BCUT2D eigenvalue weighted by Gasteiger charge is 2.38. The zero-order valence-electron chi connectivity index (χ0n) is 21.5. The molecule has 16 heteroatoms. The number of benzene rings is 1. The van der Waals surface area contributed by atoms with Gasteiger partial charge in [-0.1, -0.05) is 35.5 Å². The Balaban J connectivity index is 0.000000349. The van der Waals surface area contributed by atoms with Crippen LogP contribution in [0.5, 0.6) is 0 Å². The van der Waals surface area contributed by atoms with E-state index in [1.54, 1.807) is 6.92 Å². The van der Waals surface area contributed by atoms with E-state index in [9.17, 15) is 31.4 Å². The number of rotatable bonds is 5. The molecule has 0 aliphatic carbocycles. The number of alkyl halides is 6. The summed E-state index contributed by atoms with van der Waals surface area (Å²) in [5.41, 5.74) is 4.13. The molecule has 41 heavy (non-hydrogen) atoms. The minimum Gasteiger partial charge on any atom is -0.475 e. The van der Waals surface area contributed by atoms with Crippen molar-refractivity contribution >= 4 is 11.9 Å². The van der Waals surface area contributed by atoms with Crippen LogP contribution < -0.4 is 0 Å². The van der Waals surface area contributed by atoms with Crippen LogP contribution in [0.25, 0.3) is 11.3 Å². The fraction of sp³-hybridized carbons (Fsp3) is 0.400. The zero-order valence-corrected chi connectivity index (χ0v) is 21.5. The van der Waals surface area contributed by atoms with Gasteiger partial charge >= 0.3 is 24.3 Å². The average molecular weight is 592 g/mol. The number of hydrogen-bond donors (Lipinski definition) is 3. The van der Waals surface area contributed by atoms with Crippen LogP contribution in [0.4, 0.5) is 26.3 Å². The zero-order chi connectivity index (χ0) is 30.8. The Hall–Kier alpha value is -4.05. The maximum atomic E-state index is 10.6. The van der Waals surface area contributed by atoms with E-state index in [1.165, 1.54) is 5.56 Å². The van der Waals surface area contributed by atoms with Crippen LogP contribution in [-0.4, -0.2) is 77.6 Å². The van der Waals surface area contributed by atoms with Gasteiger partial charge in [-0.2, -0.15) is 26.3 Å². The molecule has 4 rings (SSSR count). The van der Waals surface area contributed by atoms with Gasteiger partial charge in [0.05, 0.1) is 24.0 Å². The molecule has 1 aliphatic heterocycles. The molecule has 1 saturated heterocycles. The molecule has 1 fully saturated rings. The van der Waals surface area contributed by atoms with Gasteiger partial charge in [-0.3, -0.25) is 9.88 Å². The summed E-state index contributed by atoms with van der Waals surface area (Å²) in [6, 6.07) is 15.0. The number of pyridine rings is 1. The SMILES string of the molecule is CC(O)c1cn(C2CCN(Cc3ccc(-c4ccccn4)cc3)CC2)nn1.O=C(O)C(F)(F)F.O=C(O)C(F)(F)F. The summed E-state index contributed by atoms with van der Waals surface area (Å²) in [5, 5.41) is 32.1. The quantitative estimate of drug-likeness (QED) is 0.366. The number of aromatic nitrogens is 4. The van der Waals surface area contributed by atoms with Crippen LogP contribution in [-0.2, 0) is 16.1 Å². The lowest BCUT2D eigenvalue weighted by molar-refractivity contribution is -0.193. The monoisotopic (exact) mass is 591 g/mol. The third-order valence-corrected chi connectivity index (χ3v) is 5.69. The minimum atomic E-state index is -5.08. The van der Waals surface area contributed by atoms with Crippen molar-refractivity contribution in [3.63, 3.8) is 0 Å². The molecule has 3 aromatic rings. The largest absolute Gasteiger partial charge is 0.490 e. The molecule has 1 atom stereocenters. The average Bonchev–Trinajstić information content (AvgIpc) is 3.41. The molecular formula is C25H27F6N5O5. The number of aliphatic hydroxyl groups is 1. The lowest BCUT2D eigenvalue weighted by atomic mass is 10.0. The third-order valence-electron chi connectivity index (χ3n) is 5.69. The lowest BCUT2D eigenvalue weighted by Crippen LogP contribution is -2.34. The van der Waals surface area contributed by atoms with Crippen LogP contribution in [0.15, 0.2) is 54.9 Å². The van der Waals surface area contributed by atoms with Gasteiger partial charge in [-0.25, -0.2) is 14.3 Å². The summed E-state index contributed by atoms with van der Waals surface area (Å²) < 4.78 is 65.4. The normalized spacial score (nSPS) is 15.1. The molecule has 3 heterocycles. The third kappa shape index (κ3) is 11.2. The van der Waals surface area contributed by atoms with Crippen molar-refractivity contribution in [1.29, 1.82) is 0 Å². The topological polar surface area (TPSA) is 142 Å². The molecule has 1 aliphatic rings. The molecule has 1 aromatic carbocycles. The highest BCUT2D eigenvalue weighted by molar-refractivity contribution is 5.73. The summed E-state index contributed by atoms with van der Waals surface area (Å²) in [6.45, 7) is 4.76. The van der Waals surface area contributed by atoms with Gasteiger partial charge in [0.1, 0.15) is 5.69 Å². The Morgan fingerprint density at radius 1 is 0.951 bits per heavy atom. The molecular weight excluding hydrogens is 564 g/mol. The molecule has 0 amide bonds. The van der Waals surface area contributed by atoms with Crippen molar-refractivity contribution in [2.75, 3.05) is 13.1 Å². The molecule has 0 saturated carbocycles. The first-order chi connectivity index (χ1) is 19.1. The Kier molecular flexibility index (Phi) is 11.8. The Bertz CT molecular complexity index is 1220. The molecule has 1 unspecified atom stereocenters. The Morgan fingerprint density at radius 3 is 1.90 bits per heavy atom. The molecule has 2 aromatic heterocycles. The van der Waals surface area contributed by atoms with E-state index in [0.29, 0.717) is 11.7 Å². The van der Waals surface area contributed by atoms with Gasteiger partial charge in [0.25, 0.3) is 0 Å². The predicted octanol–water partition coefficient (Wildman–Crippen LogP) is 4.50. The number of piperidine rings is 1. The predicted molar refractivity (Wildman–Crippen MR) is 131 cm³/mol. The first-order valence-electron chi connectivity index (χ1n) is 12.0. The second-order valence-electron chi connectivity index (χ2n) is 8.82. The standard InChI is InChI=1S/C21H25N5O.2C2HF3O2/c1-16(27)21-15-26(24-23-21)19-9-12-25(13-10-19)14-17-5-7-18(8-6-17)20-4-2-3-11-22-20;2*3-2(4,5)1(6)7/h2-8,11,15-16,19,27H,9-10,12-14H2,1H3;2*(H,6,7). The fourth-order valence-electron chi connectivity index (χ4n) is 3.57. The smallest absolute Gasteiger partial charge is 0.475 e. The number of carboxylic acid groups (broad SMARTS) is 2. The van der Waals surface area contributed by atoms with Crippen molar-refractivity contribution in [2.24, 2.45) is 0 Å². The van der Waals surface area contributed by atoms with Gasteiger partial charge in [-0.05, 0) is 37.5 Å². The van der Waals surface area contributed by atoms with Crippen molar-refractivity contribution in [3.05, 3.63) is 66.1 Å². The number of aliphatic hydroxyl groups excluding tert-OH is 1. The number of hydrogen-bond acceptors (Lipinski definition) is 7. The van der Waals surface area contributed by atoms with Gasteiger partial charge in [-0.15, -0.1) is 5.10 Å². The Labute approximate surface area is 229 Å². The number of halogens is 6.